The lowest BCUT2D eigenvalue weighted by Gasteiger charge is -2.08. The van der Waals surface area contributed by atoms with Gasteiger partial charge in [-0.15, -0.1) is 0 Å². The van der Waals surface area contributed by atoms with Crippen molar-refractivity contribution in [3.05, 3.63) is 24.0 Å². The zero-order valence-electron chi connectivity index (χ0n) is 8.83. The van der Waals surface area contributed by atoms with Crippen LogP contribution in [0.5, 0.6) is 0 Å². The van der Waals surface area contributed by atoms with E-state index in [9.17, 15) is 12.8 Å². The number of benzene rings is 1. The fourth-order valence-electron chi connectivity index (χ4n) is 1.10. The zero-order chi connectivity index (χ0) is 12.2. The molecule has 0 heterocycles. The Hall–Kier alpha value is -1.34. The van der Waals surface area contributed by atoms with Crippen molar-refractivity contribution in [2.24, 2.45) is 0 Å². The maximum Gasteiger partial charge on any atom is 0.213 e. The van der Waals surface area contributed by atoms with E-state index in [0.717, 1.165) is 0 Å². The number of hydrogen-bond donors (Lipinski definition) is 3. The van der Waals surface area contributed by atoms with E-state index in [0.29, 0.717) is 5.69 Å². The minimum atomic E-state index is -3.27. The number of sulfonamides is 1. The molecule has 0 radical (unpaired) electrons. The van der Waals surface area contributed by atoms with Gasteiger partial charge in [0.25, 0.3) is 0 Å². The number of hydrogen-bond acceptors (Lipinski definition) is 4. The third kappa shape index (κ3) is 3.67. The normalized spacial score (nSPS) is 11.4. The summed E-state index contributed by atoms with van der Waals surface area (Å²) in [6, 6.07) is 4.18. The Labute approximate surface area is 93.9 Å². The van der Waals surface area contributed by atoms with Gasteiger partial charge in [-0.1, -0.05) is 0 Å². The van der Waals surface area contributed by atoms with Gasteiger partial charge in [0.05, 0.1) is 11.4 Å². The Morgan fingerprint density at radius 3 is 2.69 bits per heavy atom. The van der Waals surface area contributed by atoms with Crippen LogP contribution in [0.2, 0.25) is 0 Å². The standard InChI is InChI=1S/C9H14FN3O2S/c1-12-16(14,15)5-4-13-9-3-2-7(11)6-8(9)10/h2-3,6,12-13H,4-5,11H2,1H3. The van der Waals surface area contributed by atoms with Crippen LogP contribution in [0.1, 0.15) is 0 Å². The molecule has 0 atom stereocenters. The van der Waals surface area contributed by atoms with Crippen LogP contribution in [0.25, 0.3) is 0 Å². The van der Waals surface area contributed by atoms with Crippen LogP contribution in [-0.4, -0.2) is 27.8 Å². The summed E-state index contributed by atoms with van der Waals surface area (Å²) >= 11 is 0. The summed E-state index contributed by atoms with van der Waals surface area (Å²) in [7, 11) is -1.94. The molecule has 1 aromatic carbocycles. The predicted octanol–water partition coefficient (Wildman–Crippen LogP) is 0.369. The Morgan fingerprint density at radius 1 is 1.44 bits per heavy atom. The average Bonchev–Trinajstić information content (AvgIpc) is 2.21. The Kier molecular flexibility index (Phi) is 4.08. The van der Waals surface area contributed by atoms with Crippen molar-refractivity contribution in [3.8, 4) is 0 Å². The van der Waals surface area contributed by atoms with Gasteiger partial charge in [-0.25, -0.2) is 17.5 Å². The lowest BCUT2D eigenvalue weighted by Crippen LogP contribution is -2.26. The van der Waals surface area contributed by atoms with Crippen molar-refractivity contribution >= 4 is 21.4 Å². The molecule has 90 valence electrons. The van der Waals surface area contributed by atoms with Crippen LogP contribution in [0.4, 0.5) is 15.8 Å². The summed E-state index contributed by atoms with van der Waals surface area (Å²) in [4.78, 5) is 0. The third-order valence-electron chi connectivity index (χ3n) is 1.99. The Bertz CT molecular complexity index is 462. The number of anilines is 2. The highest BCUT2D eigenvalue weighted by Crippen LogP contribution is 2.16. The lowest BCUT2D eigenvalue weighted by atomic mass is 10.2. The van der Waals surface area contributed by atoms with E-state index >= 15 is 0 Å². The van der Waals surface area contributed by atoms with Gasteiger partial charge < -0.3 is 11.1 Å². The van der Waals surface area contributed by atoms with Gasteiger partial charge >= 0.3 is 0 Å². The van der Waals surface area contributed by atoms with Crippen LogP contribution < -0.4 is 15.8 Å². The molecule has 4 N–H and O–H groups in total. The van der Waals surface area contributed by atoms with Crippen LogP contribution >= 0.6 is 0 Å². The molecule has 0 bridgehead atoms. The molecule has 7 heteroatoms. The minimum Gasteiger partial charge on any atom is -0.399 e. The first kappa shape index (κ1) is 12.7. The molecule has 0 fully saturated rings. The van der Waals surface area contributed by atoms with Gasteiger partial charge in [0.15, 0.2) is 0 Å². The number of nitrogens with one attached hydrogen (secondary N) is 2. The average molecular weight is 247 g/mol. The van der Waals surface area contributed by atoms with E-state index in [1.807, 2.05) is 0 Å². The van der Waals surface area contributed by atoms with E-state index in [1.165, 1.54) is 25.2 Å². The van der Waals surface area contributed by atoms with E-state index in [2.05, 4.69) is 10.0 Å². The predicted molar refractivity (Wildman–Crippen MR) is 62.1 cm³/mol. The second-order valence-electron chi connectivity index (χ2n) is 3.19. The van der Waals surface area contributed by atoms with Gasteiger partial charge in [0.2, 0.25) is 10.0 Å². The van der Waals surface area contributed by atoms with Crippen molar-refractivity contribution in [1.82, 2.24) is 4.72 Å². The molecule has 0 amide bonds. The highest BCUT2D eigenvalue weighted by atomic mass is 32.2. The van der Waals surface area contributed by atoms with Crippen LogP contribution in [0, 0.1) is 5.82 Å². The fraction of sp³-hybridized carbons (Fsp3) is 0.333. The summed E-state index contributed by atoms with van der Waals surface area (Å²) in [5.41, 5.74) is 5.93. The summed E-state index contributed by atoms with van der Waals surface area (Å²) < 4.78 is 37.5. The second-order valence-corrected chi connectivity index (χ2v) is 5.24. The first-order valence-electron chi connectivity index (χ1n) is 4.65. The number of nitrogens with two attached hydrogens (primary N) is 1. The summed E-state index contributed by atoms with van der Waals surface area (Å²) in [5, 5.41) is 2.68. The fourth-order valence-corrected chi connectivity index (χ4v) is 1.67. The first-order valence-corrected chi connectivity index (χ1v) is 6.30. The molecule has 0 aliphatic rings. The molecule has 0 aliphatic heterocycles. The van der Waals surface area contributed by atoms with Crippen molar-refractivity contribution in [1.29, 1.82) is 0 Å². The van der Waals surface area contributed by atoms with Gasteiger partial charge in [0, 0.05) is 12.2 Å². The van der Waals surface area contributed by atoms with Gasteiger partial charge in [-0.2, -0.15) is 0 Å². The molecular formula is C9H14FN3O2S. The second kappa shape index (κ2) is 5.13. The minimum absolute atomic E-state index is 0.118. The van der Waals surface area contributed by atoms with Crippen LogP contribution in [0.3, 0.4) is 0 Å². The molecule has 0 saturated heterocycles. The quantitative estimate of drug-likeness (QED) is 0.656. The number of halogens is 1. The Balaban J connectivity index is 2.56. The maximum atomic E-state index is 13.2. The molecule has 0 saturated carbocycles. The van der Waals surface area contributed by atoms with Crippen LogP contribution in [-0.2, 0) is 10.0 Å². The molecule has 0 unspecified atom stereocenters. The first-order chi connectivity index (χ1) is 7.44. The zero-order valence-corrected chi connectivity index (χ0v) is 9.64. The molecule has 1 aromatic rings. The van der Waals surface area contributed by atoms with Crippen molar-refractivity contribution < 1.29 is 12.8 Å². The van der Waals surface area contributed by atoms with E-state index < -0.39 is 15.8 Å². The highest BCUT2D eigenvalue weighted by Gasteiger charge is 2.07. The van der Waals surface area contributed by atoms with Gasteiger partial charge in [-0.05, 0) is 25.2 Å². The highest BCUT2D eigenvalue weighted by molar-refractivity contribution is 7.89. The van der Waals surface area contributed by atoms with E-state index in [4.69, 9.17) is 5.73 Å². The number of nitrogen functional groups attached to an aromatic ring is 1. The van der Waals surface area contributed by atoms with E-state index in [1.54, 1.807) is 0 Å². The molecule has 0 aliphatic carbocycles. The molecule has 1 rings (SSSR count). The molecule has 5 nitrogen and oxygen atoms in total. The molecule has 16 heavy (non-hydrogen) atoms. The smallest absolute Gasteiger partial charge is 0.213 e. The summed E-state index contributed by atoms with van der Waals surface area (Å²) in [6.45, 7) is 0.129. The molecular weight excluding hydrogens is 233 g/mol. The monoisotopic (exact) mass is 247 g/mol. The van der Waals surface area contributed by atoms with Gasteiger partial charge in [-0.3, -0.25) is 0 Å². The number of rotatable bonds is 5. The lowest BCUT2D eigenvalue weighted by molar-refractivity contribution is 0.588. The van der Waals surface area contributed by atoms with Gasteiger partial charge in [0.1, 0.15) is 5.82 Å². The van der Waals surface area contributed by atoms with Crippen molar-refractivity contribution in [3.63, 3.8) is 0 Å². The maximum absolute atomic E-state index is 13.2. The summed E-state index contributed by atoms with van der Waals surface area (Å²) in [5.74, 6) is -0.616. The molecule has 0 aromatic heterocycles. The van der Waals surface area contributed by atoms with Crippen LogP contribution in [0.15, 0.2) is 18.2 Å². The largest absolute Gasteiger partial charge is 0.399 e. The molecule has 0 spiro atoms. The SMILES string of the molecule is CNS(=O)(=O)CCNc1ccc(N)cc1F. The topological polar surface area (TPSA) is 84.2 Å². The third-order valence-corrected chi connectivity index (χ3v) is 3.35. The summed E-state index contributed by atoms with van der Waals surface area (Å²) in [6.07, 6.45) is 0. The van der Waals surface area contributed by atoms with Crippen molar-refractivity contribution in [2.75, 3.05) is 30.4 Å². The Morgan fingerprint density at radius 2 is 2.12 bits per heavy atom. The van der Waals surface area contributed by atoms with Crippen molar-refractivity contribution in [2.45, 2.75) is 0 Å². The van der Waals surface area contributed by atoms with E-state index in [-0.39, 0.29) is 18.0 Å².